The van der Waals surface area contributed by atoms with Crippen molar-refractivity contribution in [3.8, 4) is 12.3 Å². The molecule has 16 heavy (non-hydrogen) atoms. The minimum Gasteiger partial charge on any atom is -0.344 e. The predicted octanol–water partition coefficient (Wildman–Crippen LogP) is 1.76. The summed E-state index contributed by atoms with van der Waals surface area (Å²) in [5, 5.41) is 2.70. The summed E-state index contributed by atoms with van der Waals surface area (Å²) >= 11 is 1.63. The lowest BCUT2D eigenvalue weighted by atomic mass is 10.1. The van der Waals surface area contributed by atoms with Crippen molar-refractivity contribution in [1.82, 2.24) is 5.32 Å². The molecule has 0 bridgehead atoms. The van der Waals surface area contributed by atoms with Crippen LogP contribution in [0.2, 0.25) is 0 Å². The van der Waals surface area contributed by atoms with Gasteiger partial charge < -0.3 is 5.32 Å². The molecule has 3 heteroatoms. The molecule has 1 aliphatic rings. The standard InChI is InChI=1S/C13H13NOS/c1-3-6-14-13(15)12-8-10-5-4-9(2)7-11(10)16-12/h1,4-5,7,12H,6,8H2,2H3,(H,14,15). The maximum absolute atomic E-state index is 11.7. The van der Waals surface area contributed by atoms with E-state index >= 15 is 0 Å². The van der Waals surface area contributed by atoms with E-state index in [1.54, 1.807) is 11.8 Å². The number of hydrogen-bond acceptors (Lipinski definition) is 2. The van der Waals surface area contributed by atoms with E-state index in [1.807, 2.05) is 0 Å². The van der Waals surface area contributed by atoms with Crippen molar-refractivity contribution in [2.75, 3.05) is 6.54 Å². The normalized spacial score (nSPS) is 17.6. The summed E-state index contributed by atoms with van der Waals surface area (Å²) in [4.78, 5) is 13.0. The van der Waals surface area contributed by atoms with Gasteiger partial charge in [-0.15, -0.1) is 18.2 Å². The van der Waals surface area contributed by atoms with Gasteiger partial charge in [-0.05, 0) is 25.0 Å². The number of rotatable bonds is 2. The maximum atomic E-state index is 11.7. The van der Waals surface area contributed by atoms with E-state index < -0.39 is 0 Å². The number of aryl methyl sites for hydroxylation is 1. The molecule has 2 rings (SSSR count). The monoisotopic (exact) mass is 231 g/mol. The zero-order valence-corrected chi connectivity index (χ0v) is 9.93. The first-order valence-corrected chi connectivity index (χ1v) is 6.06. The van der Waals surface area contributed by atoms with Crippen LogP contribution in [-0.2, 0) is 11.2 Å². The molecule has 82 valence electrons. The van der Waals surface area contributed by atoms with E-state index in [0.717, 1.165) is 6.42 Å². The molecule has 1 aliphatic heterocycles. The minimum atomic E-state index is -0.0230. The highest BCUT2D eigenvalue weighted by molar-refractivity contribution is 8.01. The van der Waals surface area contributed by atoms with E-state index in [1.165, 1.54) is 16.0 Å². The lowest BCUT2D eigenvalue weighted by molar-refractivity contribution is -0.120. The van der Waals surface area contributed by atoms with Crippen LogP contribution < -0.4 is 5.32 Å². The van der Waals surface area contributed by atoms with Gasteiger partial charge >= 0.3 is 0 Å². The molecular weight excluding hydrogens is 218 g/mol. The number of benzene rings is 1. The van der Waals surface area contributed by atoms with Crippen molar-refractivity contribution in [2.45, 2.75) is 23.5 Å². The third-order valence-corrected chi connectivity index (χ3v) is 3.85. The van der Waals surface area contributed by atoms with Gasteiger partial charge in [0.2, 0.25) is 5.91 Å². The van der Waals surface area contributed by atoms with Gasteiger partial charge in [0, 0.05) is 4.90 Å². The Kier molecular flexibility index (Phi) is 3.21. The molecule has 1 atom stereocenters. The zero-order chi connectivity index (χ0) is 11.5. The van der Waals surface area contributed by atoms with Gasteiger partial charge in [-0.2, -0.15) is 0 Å². The van der Waals surface area contributed by atoms with Gasteiger partial charge in [0.25, 0.3) is 0 Å². The molecule has 2 nitrogen and oxygen atoms in total. The summed E-state index contributed by atoms with van der Waals surface area (Å²) in [5.41, 5.74) is 2.49. The zero-order valence-electron chi connectivity index (χ0n) is 9.12. The maximum Gasteiger partial charge on any atom is 0.234 e. The minimum absolute atomic E-state index is 0.0230. The number of hydrogen-bond donors (Lipinski definition) is 1. The number of terminal acetylenes is 1. The number of nitrogens with one attached hydrogen (secondary N) is 1. The van der Waals surface area contributed by atoms with Crippen molar-refractivity contribution in [3.63, 3.8) is 0 Å². The molecule has 1 N–H and O–H groups in total. The number of thioether (sulfide) groups is 1. The van der Waals surface area contributed by atoms with E-state index in [4.69, 9.17) is 6.42 Å². The topological polar surface area (TPSA) is 29.1 Å². The largest absolute Gasteiger partial charge is 0.344 e. The number of carbonyl (C=O) groups excluding carboxylic acids is 1. The highest BCUT2D eigenvalue weighted by atomic mass is 32.2. The molecule has 0 aliphatic carbocycles. The molecule has 1 aromatic rings. The molecular formula is C13H13NOS. The second-order valence-corrected chi connectivity index (χ2v) is 5.09. The van der Waals surface area contributed by atoms with E-state index in [0.29, 0.717) is 6.54 Å². The lowest BCUT2D eigenvalue weighted by Crippen LogP contribution is -2.32. The van der Waals surface area contributed by atoms with Crippen LogP contribution in [0.15, 0.2) is 23.1 Å². The fourth-order valence-electron chi connectivity index (χ4n) is 1.73. The molecule has 0 spiro atoms. The lowest BCUT2D eigenvalue weighted by Gasteiger charge is -2.06. The summed E-state index contributed by atoms with van der Waals surface area (Å²) in [7, 11) is 0. The van der Waals surface area contributed by atoms with Crippen LogP contribution >= 0.6 is 11.8 Å². The Hall–Kier alpha value is -1.40. The first-order valence-electron chi connectivity index (χ1n) is 5.18. The van der Waals surface area contributed by atoms with Gasteiger partial charge in [-0.3, -0.25) is 4.79 Å². The van der Waals surface area contributed by atoms with Crippen LogP contribution in [-0.4, -0.2) is 17.7 Å². The fraction of sp³-hybridized carbons (Fsp3) is 0.308. The SMILES string of the molecule is C#CCNC(=O)C1Cc2ccc(C)cc2S1. The number of fused-ring (bicyclic) bond motifs is 1. The number of amides is 1. The van der Waals surface area contributed by atoms with Gasteiger partial charge in [-0.1, -0.05) is 23.6 Å². The summed E-state index contributed by atoms with van der Waals surface area (Å²) in [6.07, 6.45) is 5.91. The highest BCUT2D eigenvalue weighted by Crippen LogP contribution is 2.37. The van der Waals surface area contributed by atoms with Crippen LogP contribution in [0.4, 0.5) is 0 Å². The van der Waals surface area contributed by atoms with Gasteiger partial charge in [0.05, 0.1) is 11.8 Å². The second kappa shape index (κ2) is 4.63. The van der Waals surface area contributed by atoms with Crippen molar-refractivity contribution in [1.29, 1.82) is 0 Å². The Morgan fingerprint density at radius 1 is 1.69 bits per heavy atom. The molecule has 0 fully saturated rings. The highest BCUT2D eigenvalue weighted by Gasteiger charge is 2.27. The van der Waals surface area contributed by atoms with Crippen LogP contribution in [0.25, 0.3) is 0 Å². The van der Waals surface area contributed by atoms with Gasteiger partial charge in [-0.25, -0.2) is 0 Å². The first kappa shape index (κ1) is 11.1. The molecule has 0 aromatic heterocycles. The van der Waals surface area contributed by atoms with E-state index in [9.17, 15) is 4.79 Å². The Labute approximate surface area is 99.8 Å². The van der Waals surface area contributed by atoms with Crippen molar-refractivity contribution >= 4 is 17.7 Å². The first-order chi connectivity index (χ1) is 7.70. The van der Waals surface area contributed by atoms with Crippen LogP contribution in [0, 0.1) is 19.3 Å². The third kappa shape index (κ3) is 2.23. The molecule has 1 unspecified atom stereocenters. The Bertz CT molecular complexity index is 461. The third-order valence-electron chi connectivity index (χ3n) is 2.55. The average molecular weight is 231 g/mol. The Morgan fingerprint density at radius 3 is 3.25 bits per heavy atom. The van der Waals surface area contributed by atoms with Crippen molar-refractivity contribution in [2.24, 2.45) is 0 Å². The van der Waals surface area contributed by atoms with Crippen molar-refractivity contribution < 1.29 is 4.79 Å². The molecule has 1 aromatic carbocycles. The average Bonchev–Trinajstić information content (AvgIpc) is 2.68. The Morgan fingerprint density at radius 2 is 2.50 bits per heavy atom. The molecule has 0 radical (unpaired) electrons. The molecule has 1 amide bonds. The smallest absolute Gasteiger partial charge is 0.234 e. The van der Waals surface area contributed by atoms with Crippen molar-refractivity contribution in [3.05, 3.63) is 29.3 Å². The summed E-state index contributed by atoms with van der Waals surface area (Å²) in [6.45, 7) is 2.37. The van der Waals surface area contributed by atoms with Crippen LogP contribution in [0.1, 0.15) is 11.1 Å². The predicted molar refractivity (Wildman–Crippen MR) is 66.4 cm³/mol. The molecule has 0 saturated heterocycles. The van der Waals surface area contributed by atoms with E-state index in [2.05, 4.69) is 36.4 Å². The van der Waals surface area contributed by atoms with Crippen LogP contribution in [0.3, 0.4) is 0 Å². The number of carbonyl (C=O) groups is 1. The Balaban J connectivity index is 2.05. The second-order valence-electron chi connectivity index (χ2n) is 3.84. The van der Waals surface area contributed by atoms with Gasteiger partial charge in [0.1, 0.15) is 0 Å². The summed E-state index contributed by atoms with van der Waals surface area (Å²) in [5.74, 6) is 2.45. The summed E-state index contributed by atoms with van der Waals surface area (Å²) < 4.78 is 0. The van der Waals surface area contributed by atoms with E-state index in [-0.39, 0.29) is 11.2 Å². The molecule has 1 heterocycles. The van der Waals surface area contributed by atoms with Crippen LogP contribution in [0.5, 0.6) is 0 Å². The fourth-order valence-corrected chi connectivity index (χ4v) is 3.05. The molecule has 0 saturated carbocycles. The van der Waals surface area contributed by atoms with Gasteiger partial charge in [0.15, 0.2) is 0 Å². The summed E-state index contributed by atoms with van der Waals surface area (Å²) in [6, 6.07) is 6.32. The quantitative estimate of drug-likeness (QED) is 0.786.